The molecule has 5 heteroatoms. The molecule has 0 aliphatic heterocycles. The van der Waals surface area contributed by atoms with Crippen LogP contribution in [0.15, 0.2) is 16.5 Å². The second kappa shape index (κ2) is 5.32. The normalized spacial score (nSPS) is 12.5. The number of furan rings is 1. The monoisotopic (exact) mass is 233 g/mol. The first-order valence-electron chi connectivity index (χ1n) is 4.20. The molecule has 0 aliphatic rings. The molecular weight excluding hydrogens is 222 g/mol. The van der Waals surface area contributed by atoms with Crippen molar-refractivity contribution in [3.8, 4) is 0 Å². The zero-order valence-corrected chi connectivity index (χ0v) is 9.61. The van der Waals surface area contributed by atoms with Gasteiger partial charge in [0.1, 0.15) is 0 Å². The maximum Gasteiger partial charge on any atom is 0.287 e. The minimum absolute atomic E-state index is 0.224. The molecule has 0 fully saturated rings. The van der Waals surface area contributed by atoms with E-state index >= 15 is 0 Å². The van der Waals surface area contributed by atoms with Crippen LogP contribution >= 0.6 is 23.4 Å². The highest BCUT2D eigenvalue weighted by Crippen LogP contribution is 2.13. The van der Waals surface area contributed by atoms with E-state index in [1.54, 1.807) is 23.9 Å². The Labute approximate surface area is 92.2 Å². The second-order valence-corrected chi connectivity index (χ2v) is 4.51. The number of rotatable bonds is 4. The molecule has 1 aromatic heterocycles. The molecule has 0 radical (unpaired) electrons. The Balaban J connectivity index is 2.43. The van der Waals surface area contributed by atoms with Crippen LogP contribution in [-0.2, 0) is 0 Å². The van der Waals surface area contributed by atoms with E-state index in [0.717, 1.165) is 0 Å². The van der Waals surface area contributed by atoms with Gasteiger partial charge in [-0.25, -0.2) is 0 Å². The number of hydrogen-bond acceptors (Lipinski definition) is 3. The van der Waals surface area contributed by atoms with Crippen LogP contribution < -0.4 is 5.32 Å². The van der Waals surface area contributed by atoms with Gasteiger partial charge in [-0.3, -0.25) is 4.79 Å². The van der Waals surface area contributed by atoms with Gasteiger partial charge < -0.3 is 9.73 Å². The molecule has 1 amide bonds. The first-order valence-corrected chi connectivity index (χ1v) is 5.86. The Morgan fingerprint density at radius 3 is 2.93 bits per heavy atom. The molecule has 78 valence electrons. The van der Waals surface area contributed by atoms with Gasteiger partial charge in [0.15, 0.2) is 11.0 Å². The Bertz CT molecular complexity index is 314. The molecule has 1 unspecified atom stereocenters. The number of nitrogens with one attached hydrogen (secondary N) is 1. The number of carbonyl (C=O) groups is 1. The fourth-order valence-electron chi connectivity index (χ4n) is 0.843. The maximum absolute atomic E-state index is 11.4. The number of thioether (sulfide) groups is 1. The van der Waals surface area contributed by atoms with Crippen LogP contribution in [0.1, 0.15) is 17.5 Å². The molecule has 1 heterocycles. The summed E-state index contributed by atoms with van der Waals surface area (Å²) in [7, 11) is 0. The molecule has 3 nitrogen and oxygen atoms in total. The van der Waals surface area contributed by atoms with Gasteiger partial charge in [-0.2, -0.15) is 11.8 Å². The van der Waals surface area contributed by atoms with Crippen molar-refractivity contribution in [1.29, 1.82) is 0 Å². The summed E-state index contributed by atoms with van der Waals surface area (Å²) in [5.41, 5.74) is 0. The van der Waals surface area contributed by atoms with Crippen molar-refractivity contribution in [2.75, 3.05) is 12.8 Å². The molecule has 14 heavy (non-hydrogen) atoms. The van der Waals surface area contributed by atoms with E-state index in [4.69, 9.17) is 16.0 Å². The highest BCUT2D eigenvalue weighted by atomic mass is 35.5. The highest BCUT2D eigenvalue weighted by Gasteiger charge is 2.10. The molecule has 0 saturated heterocycles. The summed E-state index contributed by atoms with van der Waals surface area (Å²) in [4.78, 5) is 11.4. The Morgan fingerprint density at radius 1 is 1.71 bits per heavy atom. The van der Waals surface area contributed by atoms with Crippen LogP contribution in [0.5, 0.6) is 0 Å². The molecule has 1 aromatic rings. The highest BCUT2D eigenvalue weighted by molar-refractivity contribution is 7.99. The lowest BCUT2D eigenvalue weighted by molar-refractivity contribution is 0.0926. The molecule has 1 rings (SSSR count). The van der Waals surface area contributed by atoms with Crippen LogP contribution in [-0.4, -0.2) is 24.0 Å². The van der Waals surface area contributed by atoms with Gasteiger partial charge in [-0.05, 0) is 30.0 Å². The Kier molecular flexibility index (Phi) is 4.35. The van der Waals surface area contributed by atoms with Crippen LogP contribution in [0.4, 0.5) is 0 Å². The van der Waals surface area contributed by atoms with Crippen molar-refractivity contribution in [2.45, 2.75) is 12.2 Å². The Hall–Kier alpha value is -0.610. The van der Waals surface area contributed by atoms with Crippen molar-refractivity contribution < 1.29 is 9.21 Å². The van der Waals surface area contributed by atoms with Crippen molar-refractivity contribution in [2.24, 2.45) is 0 Å². The number of hydrogen-bond donors (Lipinski definition) is 1. The molecule has 1 N–H and O–H groups in total. The van der Waals surface area contributed by atoms with E-state index in [9.17, 15) is 4.79 Å². The average Bonchev–Trinajstić information content (AvgIpc) is 2.60. The lowest BCUT2D eigenvalue weighted by atomic mass is 10.4. The number of amides is 1. The topological polar surface area (TPSA) is 42.2 Å². The van der Waals surface area contributed by atoms with E-state index < -0.39 is 0 Å². The molecule has 1 atom stereocenters. The van der Waals surface area contributed by atoms with Crippen LogP contribution in [0.2, 0.25) is 5.22 Å². The average molecular weight is 234 g/mol. The number of carbonyl (C=O) groups excluding carboxylic acids is 1. The molecule has 0 aromatic carbocycles. The smallest absolute Gasteiger partial charge is 0.287 e. The molecule has 0 aliphatic carbocycles. The zero-order valence-electron chi connectivity index (χ0n) is 8.04. The van der Waals surface area contributed by atoms with Gasteiger partial charge in [0.2, 0.25) is 0 Å². The van der Waals surface area contributed by atoms with Crippen molar-refractivity contribution in [3.05, 3.63) is 23.1 Å². The van der Waals surface area contributed by atoms with E-state index in [1.807, 2.05) is 13.2 Å². The summed E-state index contributed by atoms with van der Waals surface area (Å²) < 4.78 is 4.96. The third-order valence-corrected chi connectivity index (χ3v) is 2.92. The maximum atomic E-state index is 11.4. The lowest BCUT2D eigenvalue weighted by Gasteiger charge is -2.08. The minimum Gasteiger partial charge on any atom is -0.440 e. The van der Waals surface area contributed by atoms with Gasteiger partial charge in [0.05, 0.1) is 0 Å². The largest absolute Gasteiger partial charge is 0.440 e. The summed E-state index contributed by atoms with van der Waals surface area (Å²) in [6.45, 7) is 2.67. The quantitative estimate of drug-likeness (QED) is 0.869. The molecule has 0 saturated carbocycles. The Morgan fingerprint density at radius 2 is 2.43 bits per heavy atom. The third-order valence-electron chi connectivity index (χ3n) is 1.75. The predicted molar refractivity (Wildman–Crippen MR) is 59.0 cm³/mol. The lowest BCUT2D eigenvalue weighted by Crippen LogP contribution is -2.28. The summed E-state index contributed by atoms with van der Waals surface area (Å²) in [5.74, 6) is 0.0288. The second-order valence-electron chi connectivity index (χ2n) is 2.86. The summed E-state index contributed by atoms with van der Waals surface area (Å²) >= 11 is 7.24. The van der Waals surface area contributed by atoms with Crippen molar-refractivity contribution in [1.82, 2.24) is 5.32 Å². The van der Waals surface area contributed by atoms with Crippen molar-refractivity contribution >= 4 is 29.3 Å². The van der Waals surface area contributed by atoms with Gasteiger partial charge in [0, 0.05) is 11.8 Å². The third kappa shape index (κ3) is 3.27. The molecular formula is C9H12ClNO2S. The standard InChI is InChI=1S/C9H12ClNO2S/c1-6(14-2)5-11-9(12)7-3-4-8(10)13-7/h3-4,6H,5H2,1-2H3,(H,11,12). The number of halogens is 1. The molecule has 0 bridgehead atoms. The SMILES string of the molecule is CSC(C)CNC(=O)c1ccc(Cl)o1. The van der Waals surface area contributed by atoms with E-state index in [2.05, 4.69) is 5.32 Å². The summed E-state index contributed by atoms with van der Waals surface area (Å²) in [5, 5.41) is 3.37. The van der Waals surface area contributed by atoms with E-state index in [-0.39, 0.29) is 16.9 Å². The zero-order chi connectivity index (χ0) is 10.6. The van der Waals surface area contributed by atoms with Crippen LogP contribution in [0, 0.1) is 0 Å². The van der Waals surface area contributed by atoms with Crippen LogP contribution in [0.25, 0.3) is 0 Å². The first kappa shape index (κ1) is 11.5. The first-order chi connectivity index (χ1) is 6.63. The minimum atomic E-state index is -0.224. The fraction of sp³-hybridized carbons (Fsp3) is 0.444. The van der Waals surface area contributed by atoms with Gasteiger partial charge in [-0.15, -0.1) is 0 Å². The van der Waals surface area contributed by atoms with E-state index in [0.29, 0.717) is 11.8 Å². The summed E-state index contributed by atoms with van der Waals surface area (Å²) in [6, 6.07) is 3.11. The van der Waals surface area contributed by atoms with Crippen molar-refractivity contribution in [3.63, 3.8) is 0 Å². The van der Waals surface area contributed by atoms with Gasteiger partial charge in [0.25, 0.3) is 5.91 Å². The molecule has 0 spiro atoms. The van der Waals surface area contributed by atoms with Gasteiger partial charge in [-0.1, -0.05) is 6.92 Å². The fourth-order valence-corrected chi connectivity index (χ4v) is 1.24. The van der Waals surface area contributed by atoms with Gasteiger partial charge >= 0.3 is 0 Å². The van der Waals surface area contributed by atoms with E-state index in [1.165, 1.54) is 0 Å². The predicted octanol–water partition coefficient (Wildman–Crippen LogP) is 2.41. The van der Waals surface area contributed by atoms with Crippen LogP contribution in [0.3, 0.4) is 0 Å². The summed E-state index contributed by atoms with van der Waals surface area (Å²) in [6.07, 6.45) is 2.00.